The lowest BCUT2D eigenvalue weighted by atomic mass is 10.2. The van der Waals surface area contributed by atoms with E-state index in [2.05, 4.69) is 10.3 Å². The molecule has 4 nitrogen and oxygen atoms in total. The number of hydrogen-bond donors (Lipinski definition) is 2. The lowest BCUT2D eigenvalue weighted by Crippen LogP contribution is -1.99. The molecule has 0 amide bonds. The van der Waals surface area contributed by atoms with Crippen molar-refractivity contribution in [3.05, 3.63) is 40.4 Å². The third kappa shape index (κ3) is 3.07. The van der Waals surface area contributed by atoms with E-state index in [9.17, 15) is 4.79 Å². The number of aryl methyl sites for hydroxylation is 2. The van der Waals surface area contributed by atoms with Crippen LogP contribution in [-0.4, -0.2) is 16.1 Å². The molecule has 0 aliphatic heterocycles. The van der Waals surface area contributed by atoms with E-state index in [1.54, 1.807) is 0 Å². The molecule has 94 valence electrons. The Bertz CT molecular complexity index is 578. The zero-order chi connectivity index (χ0) is 13.1. The lowest BCUT2D eigenvalue weighted by molar-refractivity contribution is -0.136. The molecule has 0 radical (unpaired) electrons. The first-order valence-corrected chi connectivity index (χ1v) is 6.38. The number of aliphatic carboxylic acids is 1. The number of anilines is 2. The minimum Gasteiger partial charge on any atom is -0.481 e. The standard InChI is InChI=1S/C13H14N2O2S/c1-8-4-3-5-10(6-8)15-13-14-9(2)11(18-13)7-12(16)17/h3-6H,7H2,1-2H3,(H,14,15)(H,16,17). The molecule has 0 unspecified atom stereocenters. The Labute approximate surface area is 109 Å². The SMILES string of the molecule is Cc1cccc(Nc2nc(C)c(CC(=O)O)s2)c1. The first-order valence-electron chi connectivity index (χ1n) is 5.56. The molecule has 1 aromatic carbocycles. The minimum absolute atomic E-state index is 0.0268. The molecule has 0 atom stereocenters. The van der Waals surface area contributed by atoms with Crippen LogP contribution in [0.15, 0.2) is 24.3 Å². The second kappa shape index (κ2) is 5.18. The first-order chi connectivity index (χ1) is 8.54. The minimum atomic E-state index is -0.830. The molecule has 0 fully saturated rings. The summed E-state index contributed by atoms with van der Waals surface area (Å²) in [6.45, 7) is 3.85. The maximum Gasteiger partial charge on any atom is 0.308 e. The molecule has 0 saturated carbocycles. The Morgan fingerprint density at radius 2 is 2.22 bits per heavy atom. The van der Waals surface area contributed by atoms with Crippen molar-refractivity contribution >= 4 is 28.1 Å². The van der Waals surface area contributed by atoms with E-state index in [1.807, 2.05) is 38.1 Å². The highest BCUT2D eigenvalue weighted by atomic mass is 32.1. The Morgan fingerprint density at radius 3 is 2.89 bits per heavy atom. The van der Waals surface area contributed by atoms with Crippen LogP contribution in [0.4, 0.5) is 10.8 Å². The zero-order valence-electron chi connectivity index (χ0n) is 10.2. The molecule has 18 heavy (non-hydrogen) atoms. The number of benzene rings is 1. The van der Waals surface area contributed by atoms with Crippen molar-refractivity contribution in [1.29, 1.82) is 0 Å². The van der Waals surface area contributed by atoms with Crippen LogP contribution in [0.5, 0.6) is 0 Å². The van der Waals surface area contributed by atoms with Crippen molar-refractivity contribution in [3.63, 3.8) is 0 Å². The van der Waals surface area contributed by atoms with Crippen molar-refractivity contribution in [1.82, 2.24) is 4.98 Å². The molecule has 0 aliphatic rings. The molecule has 5 heteroatoms. The number of rotatable bonds is 4. The number of hydrogen-bond acceptors (Lipinski definition) is 4. The van der Waals surface area contributed by atoms with Gasteiger partial charge in [-0.3, -0.25) is 4.79 Å². The molecule has 2 rings (SSSR count). The summed E-state index contributed by atoms with van der Waals surface area (Å²) in [7, 11) is 0. The van der Waals surface area contributed by atoms with Gasteiger partial charge in [-0.25, -0.2) is 4.98 Å². The summed E-state index contributed by atoms with van der Waals surface area (Å²) < 4.78 is 0. The van der Waals surface area contributed by atoms with E-state index in [-0.39, 0.29) is 6.42 Å². The molecular formula is C13H14N2O2S. The Kier molecular flexibility index (Phi) is 3.62. The van der Waals surface area contributed by atoms with Crippen LogP contribution >= 0.6 is 11.3 Å². The van der Waals surface area contributed by atoms with Gasteiger partial charge in [0.25, 0.3) is 0 Å². The number of aromatic nitrogens is 1. The summed E-state index contributed by atoms with van der Waals surface area (Å²) >= 11 is 1.39. The second-order valence-electron chi connectivity index (χ2n) is 4.09. The van der Waals surface area contributed by atoms with Gasteiger partial charge in [0.2, 0.25) is 0 Å². The highest BCUT2D eigenvalue weighted by Crippen LogP contribution is 2.26. The van der Waals surface area contributed by atoms with Crippen LogP contribution in [0, 0.1) is 13.8 Å². The fourth-order valence-electron chi connectivity index (χ4n) is 1.63. The lowest BCUT2D eigenvalue weighted by Gasteiger charge is -2.02. The number of thiazole rings is 1. The van der Waals surface area contributed by atoms with E-state index in [0.717, 1.165) is 21.4 Å². The average Bonchev–Trinajstić information content (AvgIpc) is 2.58. The van der Waals surface area contributed by atoms with Gasteiger partial charge in [0.1, 0.15) is 0 Å². The van der Waals surface area contributed by atoms with Gasteiger partial charge in [-0.15, -0.1) is 11.3 Å². The molecule has 2 N–H and O–H groups in total. The fourth-order valence-corrected chi connectivity index (χ4v) is 2.60. The van der Waals surface area contributed by atoms with Gasteiger partial charge in [-0.1, -0.05) is 12.1 Å². The molecule has 1 aromatic heterocycles. The van der Waals surface area contributed by atoms with E-state index in [4.69, 9.17) is 5.11 Å². The predicted octanol–water partition coefficient (Wildman–Crippen LogP) is 3.13. The summed E-state index contributed by atoms with van der Waals surface area (Å²) in [5.41, 5.74) is 2.90. The molecule has 0 aliphatic carbocycles. The van der Waals surface area contributed by atoms with Gasteiger partial charge in [0.05, 0.1) is 12.1 Å². The van der Waals surface area contributed by atoms with Crippen molar-refractivity contribution in [2.24, 2.45) is 0 Å². The van der Waals surface area contributed by atoms with Crippen molar-refractivity contribution in [3.8, 4) is 0 Å². The third-order valence-corrected chi connectivity index (χ3v) is 3.55. The van der Waals surface area contributed by atoms with Crippen molar-refractivity contribution in [2.75, 3.05) is 5.32 Å². The number of nitrogens with zero attached hydrogens (tertiary/aromatic N) is 1. The highest BCUT2D eigenvalue weighted by molar-refractivity contribution is 7.15. The summed E-state index contributed by atoms with van der Waals surface area (Å²) in [6, 6.07) is 7.97. The van der Waals surface area contributed by atoms with Crippen LogP contribution in [0.3, 0.4) is 0 Å². The highest BCUT2D eigenvalue weighted by Gasteiger charge is 2.10. The number of carboxylic acids is 1. The maximum absolute atomic E-state index is 10.7. The van der Waals surface area contributed by atoms with Gasteiger partial charge < -0.3 is 10.4 Å². The van der Waals surface area contributed by atoms with Crippen LogP contribution < -0.4 is 5.32 Å². The fraction of sp³-hybridized carbons (Fsp3) is 0.231. The van der Waals surface area contributed by atoms with Crippen LogP contribution in [-0.2, 0) is 11.2 Å². The summed E-state index contributed by atoms with van der Waals surface area (Å²) in [5, 5.41) is 12.7. The van der Waals surface area contributed by atoms with Gasteiger partial charge in [0, 0.05) is 10.6 Å². The van der Waals surface area contributed by atoms with E-state index in [0.29, 0.717) is 0 Å². The molecule has 0 saturated heterocycles. The maximum atomic E-state index is 10.7. The third-order valence-electron chi connectivity index (χ3n) is 2.47. The van der Waals surface area contributed by atoms with Gasteiger partial charge >= 0.3 is 5.97 Å². The molecule has 2 aromatic rings. The summed E-state index contributed by atoms with van der Waals surface area (Å²) in [6.07, 6.45) is 0.0268. The number of carbonyl (C=O) groups is 1. The summed E-state index contributed by atoms with van der Waals surface area (Å²) in [5.74, 6) is -0.830. The average molecular weight is 262 g/mol. The molecule has 0 spiro atoms. The smallest absolute Gasteiger partial charge is 0.308 e. The predicted molar refractivity (Wildman–Crippen MR) is 72.7 cm³/mol. The largest absolute Gasteiger partial charge is 0.481 e. The van der Waals surface area contributed by atoms with Crippen LogP contribution in [0.2, 0.25) is 0 Å². The first kappa shape index (κ1) is 12.6. The molecular weight excluding hydrogens is 248 g/mol. The number of carboxylic acid groups (broad SMARTS) is 1. The number of nitrogens with one attached hydrogen (secondary N) is 1. The summed E-state index contributed by atoms with van der Waals surface area (Å²) in [4.78, 5) is 15.8. The molecule has 0 bridgehead atoms. The van der Waals surface area contributed by atoms with Gasteiger partial charge in [-0.2, -0.15) is 0 Å². The van der Waals surface area contributed by atoms with E-state index in [1.165, 1.54) is 16.9 Å². The topological polar surface area (TPSA) is 62.2 Å². The monoisotopic (exact) mass is 262 g/mol. The van der Waals surface area contributed by atoms with Crippen molar-refractivity contribution < 1.29 is 9.90 Å². The quantitative estimate of drug-likeness (QED) is 0.888. The Hall–Kier alpha value is -1.88. The second-order valence-corrected chi connectivity index (χ2v) is 5.18. The normalized spacial score (nSPS) is 10.3. The van der Waals surface area contributed by atoms with Crippen molar-refractivity contribution in [2.45, 2.75) is 20.3 Å². The Balaban J connectivity index is 2.17. The van der Waals surface area contributed by atoms with E-state index >= 15 is 0 Å². The zero-order valence-corrected chi connectivity index (χ0v) is 11.0. The van der Waals surface area contributed by atoms with Crippen LogP contribution in [0.1, 0.15) is 16.1 Å². The van der Waals surface area contributed by atoms with Gasteiger partial charge in [0.15, 0.2) is 5.13 Å². The Morgan fingerprint density at radius 1 is 1.44 bits per heavy atom. The van der Waals surface area contributed by atoms with Gasteiger partial charge in [-0.05, 0) is 31.5 Å². The van der Waals surface area contributed by atoms with Crippen LogP contribution in [0.25, 0.3) is 0 Å². The molecule has 1 heterocycles. The van der Waals surface area contributed by atoms with E-state index < -0.39 is 5.97 Å².